The lowest BCUT2D eigenvalue weighted by Crippen LogP contribution is -2.34. The molecule has 3 heterocycles. The van der Waals surface area contributed by atoms with Gasteiger partial charge >= 0.3 is 0 Å². The van der Waals surface area contributed by atoms with E-state index >= 15 is 0 Å². The molecule has 0 aromatic carbocycles. The molecule has 4 nitrogen and oxygen atoms in total. The molecule has 2 aliphatic heterocycles. The van der Waals surface area contributed by atoms with E-state index in [9.17, 15) is 0 Å². The zero-order valence-electron chi connectivity index (χ0n) is 11.3. The third-order valence-electron chi connectivity index (χ3n) is 4.39. The first-order chi connectivity index (χ1) is 8.84. The van der Waals surface area contributed by atoms with Gasteiger partial charge in [-0.2, -0.15) is 0 Å². The number of likely N-dealkylation sites (tertiary alicyclic amines) is 1. The minimum Gasteiger partial charge on any atom is -0.332 e. The molecule has 1 N–H and O–H groups in total. The lowest BCUT2D eigenvalue weighted by Gasteiger charge is -2.25. The minimum atomic E-state index is 0.526. The summed E-state index contributed by atoms with van der Waals surface area (Å²) in [6.07, 6.45) is 9.32. The molecule has 0 aliphatic carbocycles. The number of imidazole rings is 1. The maximum atomic E-state index is 4.35. The highest BCUT2D eigenvalue weighted by Crippen LogP contribution is 2.23. The Balaban J connectivity index is 1.66. The van der Waals surface area contributed by atoms with Crippen LogP contribution in [0.25, 0.3) is 0 Å². The standard InChI is InChI=1S/C14H24N4/c1-12(17-7-2-3-8-17)10-18-11-15-9-14(18)13-5-4-6-16-13/h9,11-13,16H,2-8,10H2,1H3/t12?,13-/m0/s1. The van der Waals surface area contributed by atoms with E-state index in [1.165, 1.54) is 44.5 Å². The third kappa shape index (κ3) is 2.45. The fourth-order valence-electron chi connectivity index (χ4n) is 3.29. The molecule has 100 valence electrons. The molecule has 3 rings (SSSR count). The summed E-state index contributed by atoms with van der Waals surface area (Å²) in [6, 6.07) is 1.15. The largest absolute Gasteiger partial charge is 0.332 e. The third-order valence-corrected chi connectivity index (χ3v) is 4.39. The van der Waals surface area contributed by atoms with Crippen molar-refractivity contribution < 1.29 is 0 Å². The van der Waals surface area contributed by atoms with Crippen molar-refractivity contribution in [2.24, 2.45) is 0 Å². The highest BCUT2D eigenvalue weighted by molar-refractivity contribution is 5.07. The molecule has 1 aromatic rings. The van der Waals surface area contributed by atoms with Gasteiger partial charge in [0.1, 0.15) is 0 Å². The number of nitrogens with zero attached hydrogens (tertiary/aromatic N) is 3. The summed E-state index contributed by atoms with van der Waals surface area (Å²) in [4.78, 5) is 6.95. The van der Waals surface area contributed by atoms with Crippen LogP contribution in [-0.4, -0.2) is 40.1 Å². The van der Waals surface area contributed by atoms with Crippen LogP contribution in [0.2, 0.25) is 0 Å². The Morgan fingerprint density at radius 1 is 1.39 bits per heavy atom. The van der Waals surface area contributed by atoms with Crippen LogP contribution in [-0.2, 0) is 6.54 Å². The smallest absolute Gasteiger partial charge is 0.0949 e. The van der Waals surface area contributed by atoms with Crippen molar-refractivity contribution in [3.8, 4) is 0 Å². The molecular weight excluding hydrogens is 224 g/mol. The van der Waals surface area contributed by atoms with E-state index in [4.69, 9.17) is 0 Å². The number of hydrogen-bond acceptors (Lipinski definition) is 3. The van der Waals surface area contributed by atoms with E-state index in [-0.39, 0.29) is 0 Å². The van der Waals surface area contributed by atoms with Crippen molar-refractivity contribution in [2.45, 2.75) is 51.2 Å². The molecule has 2 atom stereocenters. The average molecular weight is 248 g/mol. The SMILES string of the molecule is CC(Cn1cncc1[C@@H]1CCCN1)N1CCCC1. The van der Waals surface area contributed by atoms with Crippen molar-refractivity contribution in [3.63, 3.8) is 0 Å². The first-order valence-corrected chi connectivity index (χ1v) is 7.32. The summed E-state index contributed by atoms with van der Waals surface area (Å²) < 4.78 is 2.35. The van der Waals surface area contributed by atoms with Crippen LogP contribution in [0, 0.1) is 0 Å². The average Bonchev–Trinajstić information content (AvgIpc) is 3.11. The molecule has 1 aromatic heterocycles. The summed E-state index contributed by atoms with van der Waals surface area (Å²) in [7, 11) is 0. The van der Waals surface area contributed by atoms with Crippen molar-refractivity contribution in [1.29, 1.82) is 0 Å². The van der Waals surface area contributed by atoms with E-state index in [0.717, 1.165) is 13.1 Å². The van der Waals surface area contributed by atoms with Gasteiger partial charge in [0.2, 0.25) is 0 Å². The molecule has 0 bridgehead atoms. The summed E-state index contributed by atoms with van der Waals surface area (Å²) in [5.74, 6) is 0. The van der Waals surface area contributed by atoms with Crippen molar-refractivity contribution in [3.05, 3.63) is 18.2 Å². The summed E-state index contributed by atoms with van der Waals surface area (Å²) in [6.45, 7) is 7.11. The van der Waals surface area contributed by atoms with Gasteiger partial charge < -0.3 is 9.88 Å². The molecular formula is C14H24N4. The fraction of sp³-hybridized carbons (Fsp3) is 0.786. The second-order valence-corrected chi connectivity index (χ2v) is 5.71. The van der Waals surface area contributed by atoms with Crippen LogP contribution in [0.5, 0.6) is 0 Å². The Labute approximate surface area is 109 Å². The van der Waals surface area contributed by atoms with Gasteiger partial charge in [-0.1, -0.05) is 0 Å². The molecule has 0 amide bonds. The van der Waals surface area contributed by atoms with Gasteiger partial charge in [0.05, 0.1) is 12.0 Å². The van der Waals surface area contributed by atoms with Crippen LogP contribution in [0.4, 0.5) is 0 Å². The van der Waals surface area contributed by atoms with Gasteiger partial charge in [-0.25, -0.2) is 4.98 Å². The number of nitrogens with one attached hydrogen (secondary N) is 1. The Bertz CT molecular complexity index is 375. The maximum Gasteiger partial charge on any atom is 0.0949 e. The quantitative estimate of drug-likeness (QED) is 0.882. The molecule has 0 radical (unpaired) electrons. The Morgan fingerprint density at radius 2 is 2.22 bits per heavy atom. The minimum absolute atomic E-state index is 0.526. The van der Waals surface area contributed by atoms with Crippen molar-refractivity contribution in [1.82, 2.24) is 19.8 Å². The van der Waals surface area contributed by atoms with Gasteiger partial charge in [0.25, 0.3) is 0 Å². The van der Waals surface area contributed by atoms with E-state index in [0.29, 0.717) is 12.1 Å². The predicted octanol–water partition coefficient (Wildman–Crippen LogP) is 1.79. The highest BCUT2D eigenvalue weighted by atomic mass is 15.2. The molecule has 4 heteroatoms. The normalized spacial score (nSPS) is 26.8. The Kier molecular flexibility index (Phi) is 3.66. The monoisotopic (exact) mass is 248 g/mol. The van der Waals surface area contributed by atoms with Gasteiger partial charge in [0, 0.05) is 24.8 Å². The Hall–Kier alpha value is -0.870. The van der Waals surface area contributed by atoms with Crippen LogP contribution in [0.15, 0.2) is 12.5 Å². The molecule has 2 aliphatic rings. The lowest BCUT2D eigenvalue weighted by molar-refractivity contribution is 0.233. The number of hydrogen-bond donors (Lipinski definition) is 1. The molecule has 2 fully saturated rings. The summed E-state index contributed by atoms with van der Waals surface area (Å²) in [5.41, 5.74) is 1.37. The van der Waals surface area contributed by atoms with Crippen LogP contribution < -0.4 is 5.32 Å². The van der Waals surface area contributed by atoms with Crippen molar-refractivity contribution in [2.75, 3.05) is 19.6 Å². The number of rotatable bonds is 4. The lowest BCUT2D eigenvalue weighted by atomic mass is 10.1. The zero-order chi connectivity index (χ0) is 12.4. The first-order valence-electron chi connectivity index (χ1n) is 7.32. The maximum absolute atomic E-state index is 4.35. The molecule has 18 heavy (non-hydrogen) atoms. The predicted molar refractivity (Wildman–Crippen MR) is 72.5 cm³/mol. The summed E-state index contributed by atoms with van der Waals surface area (Å²) in [5, 5.41) is 3.57. The van der Waals surface area contributed by atoms with Crippen LogP contribution in [0.1, 0.15) is 44.3 Å². The molecule has 2 saturated heterocycles. The van der Waals surface area contributed by atoms with E-state index in [2.05, 4.69) is 26.7 Å². The van der Waals surface area contributed by atoms with Gasteiger partial charge in [-0.05, 0) is 52.2 Å². The highest BCUT2D eigenvalue weighted by Gasteiger charge is 2.22. The van der Waals surface area contributed by atoms with Crippen LogP contribution in [0.3, 0.4) is 0 Å². The van der Waals surface area contributed by atoms with Crippen molar-refractivity contribution >= 4 is 0 Å². The second kappa shape index (κ2) is 5.41. The fourth-order valence-corrected chi connectivity index (χ4v) is 3.29. The summed E-state index contributed by atoms with van der Waals surface area (Å²) >= 11 is 0. The van der Waals surface area contributed by atoms with E-state index < -0.39 is 0 Å². The van der Waals surface area contributed by atoms with Gasteiger partial charge in [0.15, 0.2) is 0 Å². The Morgan fingerprint density at radius 3 is 2.94 bits per heavy atom. The van der Waals surface area contributed by atoms with E-state index in [1.54, 1.807) is 0 Å². The number of aromatic nitrogens is 2. The molecule has 0 spiro atoms. The first kappa shape index (κ1) is 12.2. The zero-order valence-corrected chi connectivity index (χ0v) is 11.3. The molecule has 1 unspecified atom stereocenters. The van der Waals surface area contributed by atoms with Gasteiger partial charge in [-0.15, -0.1) is 0 Å². The van der Waals surface area contributed by atoms with Crippen LogP contribution >= 0.6 is 0 Å². The van der Waals surface area contributed by atoms with Gasteiger partial charge in [-0.3, -0.25) is 4.90 Å². The van der Waals surface area contributed by atoms with E-state index in [1.807, 2.05) is 12.5 Å². The molecule has 0 saturated carbocycles. The topological polar surface area (TPSA) is 33.1 Å². The second-order valence-electron chi connectivity index (χ2n) is 5.71.